The van der Waals surface area contributed by atoms with Crippen LogP contribution in [0.2, 0.25) is 0 Å². The van der Waals surface area contributed by atoms with Gasteiger partial charge in [0.25, 0.3) is 5.91 Å². The summed E-state index contributed by atoms with van der Waals surface area (Å²) in [6, 6.07) is 3.50. The number of piperidine rings is 1. The van der Waals surface area contributed by atoms with Crippen molar-refractivity contribution >= 4 is 11.8 Å². The Bertz CT molecular complexity index is 575. The number of carbonyl (C=O) groups is 2. The van der Waals surface area contributed by atoms with Crippen LogP contribution < -0.4 is 5.32 Å². The van der Waals surface area contributed by atoms with Gasteiger partial charge in [0.2, 0.25) is 5.91 Å². The van der Waals surface area contributed by atoms with Crippen LogP contribution >= 0.6 is 0 Å². The highest BCUT2D eigenvalue weighted by atomic mass is 16.3. The minimum Gasteiger partial charge on any atom is -0.459 e. The fourth-order valence-corrected chi connectivity index (χ4v) is 4.18. The Morgan fingerprint density at radius 1 is 1.32 bits per heavy atom. The average Bonchev–Trinajstić information content (AvgIpc) is 3.16. The normalized spacial score (nSPS) is 27.7. The molecule has 6 nitrogen and oxygen atoms in total. The molecule has 6 heteroatoms. The van der Waals surface area contributed by atoms with Gasteiger partial charge in [-0.1, -0.05) is 0 Å². The van der Waals surface area contributed by atoms with E-state index in [1.165, 1.54) is 6.26 Å². The second kappa shape index (κ2) is 5.12. The van der Waals surface area contributed by atoms with Crippen LogP contribution in [0.25, 0.3) is 0 Å². The van der Waals surface area contributed by atoms with E-state index in [2.05, 4.69) is 10.2 Å². The molecule has 0 radical (unpaired) electrons. The Kier molecular flexibility index (Phi) is 3.22. The molecule has 118 valence electrons. The van der Waals surface area contributed by atoms with E-state index >= 15 is 0 Å². The number of hydrogen-bond acceptors (Lipinski definition) is 4. The van der Waals surface area contributed by atoms with E-state index in [-0.39, 0.29) is 23.3 Å². The second-order valence-corrected chi connectivity index (χ2v) is 6.75. The number of nitrogens with zero attached hydrogens (tertiary/aromatic N) is 2. The molecule has 2 amide bonds. The maximum absolute atomic E-state index is 12.3. The first-order valence-electron chi connectivity index (χ1n) is 8.01. The summed E-state index contributed by atoms with van der Waals surface area (Å²) in [5.41, 5.74) is 0.201. The largest absolute Gasteiger partial charge is 0.459 e. The van der Waals surface area contributed by atoms with Gasteiger partial charge < -0.3 is 14.6 Å². The standard InChI is InChI=1S/C16H21N3O3/c20-14-12-10-16(11-19(12)8-5-17-14)3-6-18(7-4-16)15(21)13-2-1-9-22-13/h1-2,9,12H,3-8,10-11H2,(H,17,20). The van der Waals surface area contributed by atoms with Crippen LogP contribution in [-0.4, -0.2) is 60.4 Å². The van der Waals surface area contributed by atoms with Crippen molar-refractivity contribution in [2.75, 3.05) is 32.7 Å². The van der Waals surface area contributed by atoms with E-state index in [1.54, 1.807) is 12.1 Å². The number of rotatable bonds is 1. The Morgan fingerprint density at radius 2 is 2.14 bits per heavy atom. The van der Waals surface area contributed by atoms with E-state index in [9.17, 15) is 9.59 Å². The van der Waals surface area contributed by atoms with Gasteiger partial charge in [-0.05, 0) is 36.8 Å². The van der Waals surface area contributed by atoms with E-state index in [0.717, 1.165) is 52.0 Å². The summed E-state index contributed by atoms with van der Waals surface area (Å²) in [6.07, 6.45) is 4.41. The minimum absolute atomic E-state index is 0.0201. The Hall–Kier alpha value is -1.82. The number of furan rings is 1. The van der Waals surface area contributed by atoms with Crippen LogP contribution in [0, 0.1) is 5.41 Å². The molecule has 1 unspecified atom stereocenters. The molecule has 1 atom stereocenters. The first-order chi connectivity index (χ1) is 10.7. The molecule has 0 saturated carbocycles. The van der Waals surface area contributed by atoms with E-state index in [1.807, 2.05) is 4.90 Å². The lowest BCUT2D eigenvalue weighted by atomic mass is 9.76. The zero-order valence-electron chi connectivity index (χ0n) is 12.6. The molecule has 3 saturated heterocycles. The first-order valence-corrected chi connectivity index (χ1v) is 8.01. The zero-order valence-corrected chi connectivity index (χ0v) is 12.6. The molecule has 4 heterocycles. The Morgan fingerprint density at radius 3 is 2.82 bits per heavy atom. The molecule has 1 spiro atoms. The second-order valence-electron chi connectivity index (χ2n) is 6.75. The Balaban J connectivity index is 1.42. The number of piperazine rings is 1. The van der Waals surface area contributed by atoms with Crippen molar-refractivity contribution in [3.8, 4) is 0 Å². The lowest BCUT2D eigenvalue weighted by Crippen LogP contribution is -2.52. The van der Waals surface area contributed by atoms with Crippen LogP contribution in [0.5, 0.6) is 0 Å². The maximum Gasteiger partial charge on any atom is 0.289 e. The van der Waals surface area contributed by atoms with Gasteiger partial charge in [0.15, 0.2) is 5.76 Å². The van der Waals surface area contributed by atoms with Crippen molar-refractivity contribution in [2.24, 2.45) is 5.41 Å². The SMILES string of the molecule is O=C1NCCN2CC3(CCN(C(=O)c4ccco4)CC3)CC12. The topological polar surface area (TPSA) is 65.8 Å². The average molecular weight is 303 g/mol. The monoisotopic (exact) mass is 303 g/mol. The van der Waals surface area contributed by atoms with E-state index in [0.29, 0.717) is 5.76 Å². The molecule has 1 aromatic rings. The predicted octanol–water partition coefficient (Wildman–Crippen LogP) is 0.706. The molecule has 1 aromatic heterocycles. The Labute approximate surface area is 129 Å². The molecule has 0 aliphatic carbocycles. The molecule has 3 fully saturated rings. The first kappa shape index (κ1) is 13.8. The van der Waals surface area contributed by atoms with Crippen LogP contribution in [0.1, 0.15) is 29.8 Å². The van der Waals surface area contributed by atoms with E-state index < -0.39 is 0 Å². The van der Waals surface area contributed by atoms with Crippen molar-refractivity contribution < 1.29 is 14.0 Å². The molecule has 0 bridgehead atoms. The maximum atomic E-state index is 12.3. The lowest BCUT2D eigenvalue weighted by Gasteiger charge is -2.39. The third-order valence-electron chi connectivity index (χ3n) is 5.45. The third-order valence-corrected chi connectivity index (χ3v) is 5.45. The van der Waals surface area contributed by atoms with Gasteiger partial charge in [0.1, 0.15) is 0 Å². The number of hydrogen-bond donors (Lipinski definition) is 1. The van der Waals surface area contributed by atoms with Crippen molar-refractivity contribution in [2.45, 2.75) is 25.3 Å². The molecule has 3 aliphatic heterocycles. The summed E-state index contributed by atoms with van der Waals surface area (Å²) in [6.45, 7) is 4.21. The van der Waals surface area contributed by atoms with Gasteiger partial charge in [-0.25, -0.2) is 0 Å². The minimum atomic E-state index is -0.0201. The molecular formula is C16H21N3O3. The summed E-state index contributed by atoms with van der Waals surface area (Å²) in [7, 11) is 0. The fraction of sp³-hybridized carbons (Fsp3) is 0.625. The molecule has 4 rings (SSSR count). The summed E-state index contributed by atoms with van der Waals surface area (Å²) in [5, 5.41) is 2.96. The van der Waals surface area contributed by atoms with Crippen molar-refractivity contribution in [1.82, 2.24) is 15.1 Å². The van der Waals surface area contributed by atoms with Crippen LogP contribution in [0.4, 0.5) is 0 Å². The highest BCUT2D eigenvalue weighted by molar-refractivity contribution is 5.91. The smallest absolute Gasteiger partial charge is 0.289 e. The van der Waals surface area contributed by atoms with Gasteiger partial charge in [0.05, 0.1) is 12.3 Å². The number of likely N-dealkylation sites (tertiary alicyclic amines) is 1. The van der Waals surface area contributed by atoms with Crippen LogP contribution in [0.3, 0.4) is 0 Å². The summed E-state index contributed by atoms with van der Waals surface area (Å²) >= 11 is 0. The highest BCUT2D eigenvalue weighted by Gasteiger charge is 2.49. The summed E-state index contributed by atoms with van der Waals surface area (Å²) < 4.78 is 5.20. The van der Waals surface area contributed by atoms with Gasteiger partial charge in [0, 0.05) is 32.7 Å². The zero-order chi connectivity index (χ0) is 15.2. The van der Waals surface area contributed by atoms with Gasteiger partial charge in [-0.3, -0.25) is 14.5 Å². The molecule has 22 heavy (non-hydrogen) atoms. The summed E-state index contributed by atoms with van der Waals surface area (Å²) in [4.78, 5) is 28.5. The van der Waals surface area contributed by atoms with Crippen molar-refractivity contribution in [3.05, 3.63) is 24.2 Å². The highest BCUT2D eigenvalue weighted by Crippen LogP contribution is 2.44. The van der Waals surface area contributed by atoms with Gasteiger partial charge in [-0.15, -0.1) is 0 Å². The van der Waals surface area contributed by atoms with Crippen LogP contribution in [-0.2, 0) is 4.79 Å². The fourth-order valence-electron chi connectivity index (χ4n) is 4.18. The van der Waals surface area contributed by atoms with Crippen molar-refractivity contribution in [3.63, 3.8) is 0 Å². The molecule has 1 N–H and O–H groups in total. The molecule has 3 aliphatic rings. The molecular weight excluding hydrogens is 282 g/mol. The van der Waals surface area contributed by atoms with Gasteiger partial charge >= 0.3 is 0 Å². The third kappa shape index (κ3) is 2.22. The van der Waals surface area contributed by atoms with E-state index in [4.69, 9.17) is 4.42 Å². The van der Waals surface area contributed by atoms with Crippen LogP contribution in [0.15, 0.2) is 22.8 Å². The number of carbonyl (C=O) groups excluding carboxylic acids is 2. The number of fused-ring (bicyclic) bond motifs is 1. The quantitative estimate of drug-likeness (QED) is 0.829. The van der Waals surface area contributed by atoms with Gasteiger partial charge in [-0.2, -0.15) is 0 Å². The number of amides is 2. The predicted molar refractivity (Wildman–Crippen MR) is 79.3 cm³/mol. The lowest BCUT2D eigenvalue weighted by molar-refractivity contribution is -0.127. The number of nitrogens with one attached hydrogen (secondary N) is 1. The van der Waals surface area contributed by atoms with Crippen molar-refractivity contribution in [1.29, 1.82) is 0 Å². The summed E-state index contributed by atoms with van der Waals surface area (Å²) in [5.74, 6) is 0.574. The molecule has 0 aromatic carbocycles.